The van der Waals surface area contributed by atoms with Gasteiger partial charge >= 0.3 is 0 Å². The molecule has 0 aliphatic carbocycles. The molecule has 0 radical (unpaired) electrons. The SMILES string of the molecule is CS(=O)c1c(-c2ccc(F)cc2)oc2ccc(Br)cc12. The largest absolute Gasteiger partial charge is 0.455 e. The van der Waals surface area contributed by atoms with Crippen molar-refractivity contribution in [2.45, 2.75) is 4.90 Å². The summed E-state index contributed by atoms with van der Waals surface area (Å²) in [4.78, 5) is 0.632. The quantitative estimate of drug-likeness (QED) is 0.666. The Labute approximate surface area is 126 Å². The lowest BCUT2D eigenvalue weighted by Crippen LogP contribution is -1.89. The number of hydrogen-bond acceptors (Lipinski definition) is 2. The minimum absolute atomic E-state index is 0.313. The normalized spacial score (nSPS) is 12.8. The summed E-state index contributed by atoms with van der Waals surface area (Å²) in [6, 6.07) is 11.5. The fraction of sp³-hybridized carbons (Fsp3) is 0.0667. The third kappa shape index (κ3) is 2.31. The maximum Gasteiger partial charge on any atom is 0.151 e. The molecule has 1 unspecified atom stereocenters. The van der Waals surface area contributed by atoms with E-state index in [0.717, 1.165) is 9.86 Å². The lowest BCUT2D eigenvalue weighted by molar-refractivity contribution is 0.618. The first-order chi connectivity index (χ1) is 9.56. The first kappa shape index (κ1) is 13.5. The lowest BCUT2D eigenvalue weighted by Gasteiger charge is -2.00. The van der Waals surface area contributed by atoms with E-state index in [9.17, 15) is 8.60 Å². The molecule has 2 nitrogen and oxygen atoms in total. The van der Waals surface area contributed by atoms with Crippen molar-refractivity contribution in [3.8, 4) is 11.3 Å². The zero-order chi connectivity index (χ0) is 14.3. The Morgan fingerprint density at radius 2 is 1.85 bits per heavy atom. The van der Waals surface area contributed by atoms with E-state index in [1.165, 1.54) is 12.1 Å². The van der Waals surface area contributed by atoms with Gasteiger partial charge < -0.3 is 4.42 Å². The van der Waals surface area contributed by atoms with Crippen molar-refractivity contribution in [2.24, 2.45) is 0 Å². The number of furan rings is 1. The summed E-state index contributed by atoms with van der Waals surface area (Å²) >= 11 is 3.40. The number of hydrogen-bond donors (Lipinski definition) is 0. The second-order valence-electron chi connectivity index (χ2n) is 4.36. The third-order valence-corrected chi connectivity index (χ3v) is 4.47. The van der Waals surface area contributed by atoms with E-state index < -0.39 is 10.8 Å². The van der Waals surface area contributed by atoms with Gasteiger partial charge in [-0.3, -0.25) is 4.21 Å². The number of benzene rings is 2. The van der Waals surface area contributed by atoms with Crippen LogP contribution in [-0.2, 0) is 10.8 Å². The molecule has 1 heterocycles. The monoisotopic (exact) mass is 352 g/mol. The molecule has 0 saturated carbocycles. The Hall–Kier alpha value is -1.46. The van der Waals surface area contributed by atoms with Gasteiger partial charge in [0.15, 0.2) is 5.76 Å². The van der Waals surface area contributed by atoms with Gasteiger partial charge in [-0.25, -0.2) is 4.39 Å². The molecule has 2 aromatic carbocycles. The second kappa shape index (κ2) is 5.14. The molecule has 1 aromatic heterocycles. The molecule has 0 fully saturated rings. The van der Waals surface area contributed by atoms with Gasteiger partial charge in [-0.15, -0.1) is 0 Å². The molecule has 0 bridgehead atoms. The van der Waals surface area contributed by atoms with Gasteiger partial charge in [-0.05, 0) is 42.5 Å². The molecule has 102 valence electrons. The van der Waals surface area contributed by atoms with Crippen molar-refractivity contribution in [1.82, 2.24) is 0 Å². The molecule has 3 rings (SSSR count). The van der Waals surface area contributed by atoms with E-state index >= 15 is 0 Å². The molecular weight excluding hydrogens is 343 g/mol. The van der Waals surface area contributed by atoms with Crippen LogP contribution in [-0.4, -0.2) is 10.5 Å². The summed E-state index contributed by atoms with van der Waals surface area (Å²) in [7, 11) is -1.21. The summed E-state index contributed by atoms with van der Waals surface area (Å²) in [5, 5.41) is 0.805. The van der Waals surface area contributed by atoms with Gasteiger partial charge in [-0.1, -0.05) is 15.9 Å². The summed E-state index contributed by atoms with van der Waals surface area (Å²) < 4.78 is 31.8. The van der Waals surface area contributed by atoms with Gasteiger partial charge in [0.25, 0.3) is 0 Å². The van der Waals surface area contributed by atoms with Crippen LogP contribution < -0.4 is 0 Å². The summed E-state index contributed by atoms with van der Waals surface area (Å²) in [6.45, 7) is 0. The van der Waals surface area contributed by atoms with E-state index in [2.05, 4.69) is 15.9 Å². The second-order valence-corrected chi connectivity index (χ2v) is 6.59. The van der Waals surface area contributed by atoms with Crippen LogP contribution in [0.1, 0.15) is 0 Å². The van der Waals surface area contributed by atoms with Crippen LogP contribution >= 0.6 is 15.9 Å². The topological polar surface area (TPSA) is 30.2 Å². The van der Waals surface area contributed by atoms with E-state index in [-0.39, 0.29) is 5.82 Å². The molecule has 0 aliphatic heterocycles. The highest BCUT2D eigenvalue weighted by Gasteiger charge is 2.19. The number of rotatable bonds is 2. The maximum absolute atomic E-state index is 13.0. The number of fused-ring (bicyclic) bond motifs is 1. The summed E-state index contributed by atoms with van der Waals surface area (Å²) in [6.07, 6.45) is 1.61. The molecule has 0 N–H and O–H groups in total. The average Bonchev–Trinajstić information content (AvgIpc) is 2.78. The van der Waals surface area contributed by atoms with Crippen LogP contribution in [0.3, 0.4) is 0 Å². The van der Waals surface area contributed by atoms with Crippen LogP contribution in [0.25, 0.3) is 22.3 Å². The van der Waals surface area contributed by atoms with Crippen molar-refractivity contribution in [2.75, 3.05) is 6.26 Å². The van der Waals surface area contributed by atoms with Gasteiger partial charge in [0.2, 0.25) is 0 Å². The maximum atomic E-state index is 13.0. The van der Waals surface area contributed by atoms with Crippen LogP contribution in [0, 0.1) is 5.82 Å². The molecule has 0 amide bonds. The van der Waals surface area contributed by atoms with Crippen molar-refractivity contribution < 1.29 is 13.0 Å². The van der Waals surface area contributed by atoms with Crippen LogP contribution in [0.4, 0.5) is 4.39 Å². The van der Waals surface area contributed by atoms with Crippen molar-refractivity contribution in [1.29, 1.82) is 0 Å². The van der Waals surface area contributed by atoms with Crippen LogP contribution in [0.15, 0.2) is 56.2 Å². The number of halogens is 2. The van der Waals surface area contributed by atoms with E-state index in [1.54, 1.807) is 18.4 Å². The summed E-state index contributed by atoms with van der Waals surface area (Å²) in [5.74, 6) is 0.214. The van der Waals surface area contributed by atoms with Crippen molar-refractivity contribution in [3.05, 3.63) is 52.8 Å². The highest BCUT2D eigenvalue weighted by molar-refractivity contribution is 9.10. The van der Waals surface area contributed by atoms with Crippen molar-refractivity contribution >= 4 is 37.7 Å². The smallest absolute Gasteiger partial charge is 0.151 e. The molecule has 1 atom stereocenters. The van der Waals surface area contributed by atoms with Crippen LogP contribution in [0.2, 0.25) is 0 Å². The first-order valence-electron chi connectivity index (χ1n) is 5.87. The Morgan fingerprint density at radius 3 is 2.50 bits per heavy atom. The molecule has 3 aromatic rings. The minimum Gasteiger partial charge on any atom is -0.455 e. The zero-order valence-corrected chi connectivity index (χ0v) is 12.9. The van der Waals surface area contributed by atoms with Gasteiger partial charge in [0.05, 0.1) is 15.7 Å². The van der Waals surface area contributed by atoms with Gasteiger partial charge in [0, 0.05) is 21.7 Å². The predicted octanol–water partition coefficient (Wildman–Crippen LogP) is 4.74. The molecule has 0 spiro atoms. The molecular formula is C15H10BrFO2S. The minimum atomic E-state index is -1.21. The van der Waals surface area contributed by atoms with Crippen LogP contribution in [0.5, 0.6) is 0 Å². The third-order valence-electron chi connectivity index (χ3n) is 3.00. The Bertz CT molecular complexity index is 809. The fourth-order valence-electron chi connectivity index (χ4n) is 2.12. The Kier molecular flexibility index (Phi) is 3.48. The van der Waals surface area contributed by atoms with E-state index in [1.807, 2.05) is 18.2 Å². The lowest BCUT2D eigenvalue weighted by atomic mass is 10.1. The first-order valence-corrected chi connectivity index (χ1v) is 8.23. The average molecular weight is 353 g/mol. The Balaban J connectivity index is 2.32. The fourth-order valence-corrected chi connectivity index (χ4v) is 3.37. The van der Waals surface area contributed by atoms with Gasteiger partial charge in [0.1, 0.15) is 11.4 Å². The summed E-state index contributed by atoms with van der Waals surface area (Å²) in [5.41, 5.74) is 1.38. The highest BCUT2D eigenvalue weighted by Crippen LogP contribution is 2.36. The van der Waals surface area contributed by atoms with Crippen molar-refractivity contribution in [3.63, 3.8) is 0 Å². The molecule has 5 heteroatoms. The zero-order valence-electron chi connectivity index (χ0n) is 10.5. The molecule has 0 saturated heterocycles. The molecule has 0 aliphatic rings. The van der Waals surface area contributed by atoms with E-state index in [0.29, 0.717) is 21.8 Å². The van der Waals surface area contributed by atoms with Gasteiger partial charge in [-0.2, -0.15) is 0 Å². The highest BCUT2D eigenvalue weighted by atomic mass is 79.9. The molecule has 20 heavy (non-hydrogen) atoms. The Morgan fingerprint density at radius 1 is 1.15 bits per heavy atom. The van der Waals surface area contributed by atoms with E-state index in [4.69, 9.17) is 4.42 Å². The predicted molar refractivity (Wildman–Crippen MR) is 81.6 cm³/mol. The standard InChI is InChI=1S/C15H10BrFO2S/c1-20(18)15-12-8-10(16)4-7-13(12)19-14(15)9-2-5-11(17)6-3-9/h2-8H,1H3.